The highest BCUT2D eigenvalue weighted by molar-refractivity contribution is 6.10. The van der Waals surface area contributed by atoms with Gasteiger partial charge in [-0.3, -0.25) is 9.69 Å². The minimum atomic E-state index is -1.85. The van der Waals surface area contributed by atoms with Crippen molar-refractivity contribution in [2.75, 3.05) is 18.1 Å². The van der Waals surface area contributed by atoms with E-state index >= 15 is 4.39 Å². The molecule has 7 rings (SSSR count). The predicted molar refractivity (Wildman–Crippen MR) is 165 cm³/mol. The SMILES string of the molecule is O=C(OC[C@H]1O[C@@H](n2cc3c4c(ncnc42)N(C(=O)c2ccccc2)CCC3)[C@H](F)[C@@H]1OC(=O)c1ccccc1)c1ccccc1. The molecule has 2 aliphatic rings. The van der Waals surface area contributed by atoms with E-state index in [0.29, 0.717) is 47.4 Å². The predicted octanol–water partition coefficient (Wildman–Crippen LogP) is 5.34. The van der Waals surface area contributed by atoms with Gasteiger partial charge in [-0.25, -0.2) is 23.9 Å². The highest BCUT2D eigenvalue weighted by atomic mass is 19.1. The zero-order chi connectivity index (χ0) is 31.6. The van der Waals surface area contributed by atoms with Crippen LogP contribution in [0.25, 0.3) is 11.0 Å². The lowest BCUT2D eigenvalue weighted by Gasteiger charge is -2.22. The maximum Gasteiger partial charge on any atom is 0.338 e. The van der Waals surface area contributed by atoms with E-state index in [1.165, 1.54) is 6.33 Å². The second-order valence-corrected chi connectivity index (χ2v) is 11.1. The third kappa shape index (κ3) is 5.49. The van der Waals surface area contributed by atoms with Crippen LogP contribution in [0, 0.1) is 0 Å². The molecule has 0 radical (unpaired) electrons. The zero-order valence-electron chi connectivity index (χ0n) is 24.6. The van der Waals surface area contributed by atoms with E-state index < -0.39 is 36.5 Å². The molecule has 3 aromatic carbocycles. The van der Waals surface area contributed by atoms with E-state index in [9.17, 15) is 14.4 Å². The average Bonchev–Trinajstić information content (AvgIpc) is 3.55. The summed E-state index contributed by atoms with van der Waals surface area (Å²) in [6.45, 7) is 0.0928. The molecule has 10 nitrogen and oxygen atoms in total. The normalized spacial score (nSPS) is 20.7. The number of rotatable bonds is 7. The van der Waals surface area contributed by atoms with Crippen molar-refractivity contribution >= 4 is 34.7 Å². The van der Waals surface area contributed by atoms with Crippen LogP contribution in [0.3, 0.4) is 0 Å². The number of anilines is 1. The molecule has 4 atom stereocenters. The van der Waals surface area contributed by atoms with Crippen LogP contribution in [0.4, 0.5) is 10.2 Å². The molecule has 232 valence electrons. The summed E-state index contributed by atoms with van der Waals surface area (Å²) in [6.07, 6.45) is -1.30. The van der Waals surface area contributed by atoms with E-state index in [0.717, 1.165) is 5.56 Å². The first-order valence-corrected chi connectivity index (χ1v) is 15.0. The molecular weight excluding hydrogens is 591 g/mol. The van der Waals surface area contributed by atoms with Gasteiger partial charge < -0.3 is 18.8 Å². The molecule has 0 aliphatic carbocycles. The number of hydrogen-bond donors (Lipinski definition) is 0. The Kier molecular flexibility index (Phi) is 7.98. The van der Waals surface area contributed by atoms with Crippen molar-refractivity contribution in [3.8, 4) is 0 Å². The first-order valence-electron chi connectivity index (χ1n) is 15.0. The van der Waals surface area contributed by atoms with Crippen LogP contribution < -0.4 is 4.90 Å². The summed E-state index contributed by atoms with van der Waals surface area (Å²) in [5, 5.41) is 0.622. The first kappa shape index (κ1) is 29.3. The van der Waals surface area contributed by atoms with E-state index in [2.05, 4.69) is 9.97 Å². The van der Waals surface area contributed by atoms with Gasteiger partial charge in [0.05, 0.1) is 16.5 Å². The van der Waals surface area contributed by atoms with Crippen LogP contribution in [-0.4, -0.2) is 63.9 Å². The van der Waals surface area contributed by atoms with Gasteiger partial charge in [0.15, 0.2) is 18.5 Å². The molecule has 0 saturated carbocycles. The van der Waals surface area contributed by atoms with Crippen LogP contribution in [-0.2, 0) is 20.6 Å². The summed E-state index contributed by atoms with van der Waals surface area (Å²) in [5.74, 6) is -1.12. The zero-order valence-corrected chi connectivity index (χ0v) is 24.6. The highest BCUT2D eigenvalue weighted by Crippen LogP contribution is 2.40. The van der Waals surface area contributed by atoms with E-state index in [1.807, 2.05) is 6.07 Å². The summed E-state index contributed by atoms with van der Waals surface area (Å²) in [4.78, 5) is 49.9. The Hall–Kier alpha value is -5.42. The molecule has 1 saturated heterocycles. The maximum atomic E-state index is 16.5. The summed E-state index contributed by atoms with van der Waals surface area (Å²) >= 11 is 0. The fourth-order valence-electron chi connectivity index (χ4n) is 5.97. The minimum absolute atomic E-state index is 0.199. The van der Waals surface area contributed by atoms with Gasteiger partial charge in [-0.1, -0.05) is 54.6 Å². The monoisotopic (exact) mass is 620 g/mol. The smallest absolute Gasteiger partial charge is 0.338 e. The molecule has 0 spiro atoms. The number of carbonyl (C=O) groups is 3. The summed E-state index contributed by atoms with van der Waals surface area (Å²) < 4.78 is 35.4. The number of aryl methyl sites for hydroxylation is 1. The topological polar surface area (TPSA) is 113 Å². The van der Waals surface area contributed by atoms with Gasteiger partial charge in [0.2, 0.25) is 0 Å². The van der Waals surface area contributed by atoms with E-state index in [-0.39, 0.29) is 18.1 Å². The minimum Gasteiger partial charge on any atom is -0.459 e. The number of alkyl halides is 1. The lowest BCUT2D eigenvalue weighted by molar-refractivity contribution is -0.0569. The number of carbonyl (C=O) groups excluding carboxylic acids is 3. The Balaban J connectivity index is 1.21. The first-order chi connectivity index (χ1) is 22.5. The van der Waals surface area contributed by atoms with E-state index in [4.69, 9.17) is 14.2 Å². The van der Waals surface area contributed by atoms with Crippen molar-refractivity contribution in [2.24, 2.45) is 0 Å². The van der Waals surface area contributed by atoms with Crippen molar-refractivity contribution in [3.05, 3.63) is 126 Å². The maximum absolute atomic E-state index is 16.5. The fraction of sp³-hybridized carbons (Fsp3) is 0.229. The number of halogens is 1. The lowest BCUT2D eigenvalue weighted by atomic mass is 10.1. The molecule has 46 heavy (non-hydrogen) atoms. The quantitative estimate of drug-likeness (QED) is 0.224. The third-order valence-electron chi connectivity index (χ3n) is 8.20. The number of aromatic nitrogens is 3. The van der Waals surface area contributed by atoms with E-state index in [1.54, 1.807) is 101 Å². The number of benzene rings is 3. The summed E-state index contributed by atoms with van der Waals surface area (Å²) in [5.41, 5.74) is 2.30. The molecular formula is C35H29FN4O6. The van der Waals surface area contributed by atoms with Crippen molar-refractivity contribution < 1.29 is 33.0 Å². The number of ether oxygens (including phenoxy) is 3. The van der Waals surface area contributed by atoms with Gasteiger partial charge in [0, 0.05) is 18.3 Å². The molecule has 1 amide bonds. The van der Waals surface area contributed by atoms with Crippen LogP contribution in [0.15, 0.2) is 104 Å². The van der Waals surface area contributed by atoms with Crippen molar-refractivity contribution in [1.82, 2.24) is 14.5 Å². The van der Waals surface area contributed by atoms with Gasteiger partial charge in [-0.05, 0) is 54.8 Å². The van der Waals surface area contributed by atoms with Gasteiger partial charge in [-0.2, -0.15) is 0 Å². The molecule has 0 N–H and O–H groups in total. The van der Waals surface area contributed by atoms with Crippen molar-refractivity contribution in [1.29, 1.82) is 0 Å². The molecule has 4 heterocycles. The Morgan fingerprint density at radius 1 is 0.848 bits per heavy atom. The largest absolute Gasteiger partial charge is 0.459 e. The second-order valence-electron chi connectivity index (χ2n) is 11.1. The Morgan fingerprint density at radius 3 is 2.15 bits per heavy atom. The number of esters is 2. The summed E-state index contributed by atoms with van der Waals surface area (Å²) in [7, 11) is 0. The lowest BCUT2D eigenvalue weighted by Crippen LogP contribution is -2.37. The Morgan fingerprint density at radius 2 is 1.48 bits per heavy atom. The molecule has 1 fully saturated rings. The fourth-order valence-corrected chi connectivity index (χ4v) is 5.97. The number of nitrogens with zero attached hydrogens (tertiary/aromatic N) is 4. The number of amides is 1. The van der Waals surface area contributed by atoms with Crippen LogP contribution in [0.2, 0.25) is 0 Å². The molecule has 0 bridgehead atoms. The van der Waals surface area contributed by atoms with Crippen LogP contribution in [0.1, 0.15) is 49.3 Å². The van der Waals surface area contributed by atoms with Gasteiger partial charge in [-0.15, -0.1) is 0 Å². The molecule has 5 aromatic rings. The molecule has 2 aliphatic heterocycles. The third-order valence-corrected chi connectivity index (χ3v) is 8.20. The number of hydrogen-bond acceptors (Lipinski definition) is 8. The molecule has 2 aromatic heterocycles. The van der Waals surface area contributed by atoms with Crippen molar-refractivity contribution in [2.45, 2.75) is 37.4 Å². The van der Waals surface area contributed by atoms with Gasteiger partial charge >= 0.3 is 11.9 Å². The van der Waals surface area contributed by atoms with Crippen molar-refractivity contribution in [3.63, 3.8) is 0 Å². The second kappa shape index (κ2) is 12.5. The van der Waals surface area contributed by atoms with Crippen LogP contribution >= 0.6 is 0 Å². The molecule has 0 unspecified atom stereocenters. The molecule has 11 heteroatoms. The van der Waals surface area contributed by atoms with Crippen LogP contribution in [0.5, 0.6) is 0 Å². The summed E-state index contributed by atoms with van der Waals surface area (Å²) in [6, 6.07) is 25.6. The van der Waals surface area contributed by atoms with Gasteiger partial charge in [0.25, 0.3) is 5.91 Å². The average molecular weight is 621 g/mol. The Labute approximate surface area is 263 Å². The standard InChI is InChI=1S/C35H29FN4O6/c36-28-29(46-35(43)24-15-8-3-9-16-24)26(20-44-34(42)23-13-6-2-7-14-23)45-33(28)40-19-25-17-10-18-39(30-27(25)31(40)38-21-37-30)32(41)22-11-4-1-5-12-22/h1-9,11-16,19,21,26,28-29,33H,10,17-18,20H2/t26-,28-,29-,33-/m1/s1. The Bertz CT molecular complexity index is 1890. The highest BCUT2D eigenvalue weighted by Gasteiger charge is 2.50. The van der Waals surface area contributed by atoms with Gasteiger partial charge in [0.1, 0.15) is 30.5 Å².